The molecule has 0 saturated carbocycles. The zero-order valence-electron chi connectivity index (χ0n) is 25.1. The van der Waals surface area contributed by atoms with Gasteiger partial charge in [-0.2, -0.15) is 4.98 Å². The summed E-state index contributed by atoms with van der Waals surface area (Å²) in [6.07, 6.45) is 3.29. The maximum absolute atomic E-state index is 16.0. The van der Waals surface area contributed by atoms with E-state index in [1.54, 1.807) is 13.1 Å². The van der Waals surface area contributed by atoms with E-state index in [1.165, 1.54) is 43.7 Å². The second kappa shape index (κ2) is 13.4. The first-order chi connectivity index (χ1) is 21.5. The lowest BCUT2D eigenvalue weighted by molar-refractivity contribution is -0.124. The number of amides is 1. The van der Waals surface area contributed by atoms with Crippen molar-refractivity contribution in [1.29, 1.82) is 0 Å². The van der Waals surface area contributed by atoms with E-state index in [1.807, 2.05) is 39.0 Å². The van der Waals surface area contributed by atoms with E-state index in [2.05, 4.69) is 16.5 Å². The van der Waals surface area contributed by atoms with Gasteiger partial charge < -0.3 is 10.0 Å². The lowest BCUT2D eigenvalue weighted by Crippen LogP contribution is -2.34. The van der Waals surface area contributed by atoms with E-state index in [4.69, 9.17) is 4.18 Å². The number of pyridine rings is 1. The molecule has 1 N–H and O–H groups in total. The normalized spacial score (nSPS) is 15.1. The van der Waals surface area contributed by atoms with Crippen molar-refractivity contribution in [1.82, 2.24) is 19.4 Å². The average molecular weight is 652 g/mol. The van der Waals surface area contributed by atoms with Crippen LogP contribution in [-0.4, -0.2) is 48.9 Å². The number of carbonyl (C=O) groups excluding carboxylic acids is 1. The molecule has 13 heteroatoms. The van der Waals surface area contributed by atoms with Gasteiger partial charge in [0.1, 0.15) is 29.5 Å². The molecule has 45 heavy (non-hydrogen) atoms. The van der Waals surface area contributed by atoms with Crippen LogP contribution < -0.4 is 9.99 Å². The third kappa shape index (κ3) is 6.33. The first-order valence-corrected chi connectivity index (χ1v) is 15.7. The predicted molar refractivity (Wildman–Crippen MR) is 174 cm³/mol. The molecule has 9 nitrogen and oxygen atoms in total. The lowest BCUT2D eigenvalue weighted by atomic mass is 10.1. The Morgan fingerprint density at radius 3 is 2.64 bits per heavy atom. The number of aryl methyl sites for hydroxylation is 1. The number of benzene rings is 2. The van der Waals surface area contributed by atoms with Gasteiger partial charge in [-0.1, -0.05) is 45.5 Å². The van der Waals surface area contributed by atoms with Crippen molar-refractivity contribution in [2.45, 2.75) is 44.3 Å². The monoisotopic (exact) mass is 651 g/mol. The SMILES string of the molecule is C=CC(=O)N1CCOSN(c2nc(=O)n(-c3c(CC)cccc3SC(C)C)c3nc(-c4c(O)cccc4F)c(F)cc23)/C=C/1C. The highest BCUT2D eigenvalue weighted by Gasteiger charge is 2.27. The Labute approximate surface area is 267 Å². The van der Waals surface area contributed by atoms with E-state index in [0.29, 0.717) is 17.8 Å². The van der Waals surface area contributed by atoms with Gasteiger partial charge >= 0.3 is 5.69 Å². The highest BCUT2D eigenvalue weighted by Crippen LogP contribution is 2.39. The number of phenolic OH excluding ortho intramolecular Hbond substituents is 1. The second-order valence-corrected chi connectivity index (χ2v) is 12.7. The minimum atomic E-state index is -0.946. The molecule has 0 fully saturated rings. The molecule has 0 spiro atoms. The van der Waals surface area contributed by atoms with Crippen LogP contribution >= 0.6 is 24.0 Å². The minimum Gasteiger partial charge on any atom is -0.507 e. The number of phenols is 1. The van der Waals surface area contributed by atoms with Crippen LogP contribution in [-0.2, 0) is 15.4 Å². The van der Waals surface area contributed by atoms with E-state index >= 15 is 8.78 Å². The fourth-order valence-corrected chi connectivity index (χ4v) is 6.67. The molecule has 1 aliphatic heterocycles. The maximum atomic E-state index is 16.0. The van der Waals surface area contributed by atoms with Gasteiger partial charge in [0.15, 0.2) is 17.3 Å². The number of fused-ring (bicyclic) bond motifs is 1. The molecule has 1 aliphatic rings. The van der Waals surface area contributed by atoms with Crippen LogP contribution in [0.25, 0.3) is 28.0 Å². The number of carbonyl (C=O) groups is 1. The Morgan fingerprint density at radius 1 is 1.20 bits per heavy atom. The van der Waals surface area contributed by atoms with Crippen LogP contribution in [0, 0.1) is 11.6 Å². The minimum absolute atomic E-state index is 0.00810. The average Bonchev–Trinajstić information content (AvgIpc) is 2.99. The highest BCUT2D eigenvalue weighted by molar-refractivity contribution is 8.00. The molecule has 2 aromatic carbocycles. The Bertz CT molecular complexity index is 1880. The van der Waals surface area contributed by atoms with Crippen molar-refractivity contribution in [3.63, 3.8) is 0 Å². The molecule has 0 unspecified atom stereocenters. The van der Waals surface area contributed by atoms with Gasteiger partial charge in [-0.3, -0.25) is 8.98 Å². The highest BCUT2D eigenvalue weighted by atomic mass is 32.2. The third-order valence-corrected chi connectivity index (χ3v) is 8.76. The molecule has 3 heterocycles. The second-order valence-electron chi connectivity index (χ2n) is 10.3. The molecule has 234 valence electrons. The fraction of sp³-hybridized carbons (Fsp3) is 0.250. The fourth-order valence-electron chi connectivity index (χ4n) is 5.00. The van der Waals surface area contributed by atoms with E-state index in [0.717, 1.165) is 34.8 Å². The molecular weight excluding hydrogens is 621 g/mol. The smallest absolute Gasteiger partial charge is 0.355 e. The van der Waals surface area contributed by atoms with Crippen LogP contribution in [0.15, 0.2) is 76.7 Å². The van der Waals surface area contributed by atoms with Crippen LogP contribution in [0.2, 0.25) is 0 Å². The topological polar surface area (TPSA) is 101 Å². The first kappa shape index (κ1) is 32.2. The number of allylic oxidation sites excluding steroid dienone is 1. The summed E-state index contributed by atoms with van der Waals surface area (Å²) in [5, 5.41) is 10.8. The van der Waals surface area contributed by atoms with E-state index in [-0.39, 0.29) is 41.2 Å². The summed E-state index contributed by atoms with van der Waals surface area (Å²) in [5.41, 5.74) is 0.209. The number of aromatic hydroxyl groups is 1. The number of anilines is 1. The molecule has 0 saturated heterocycles. The van der Waals surface area contributed by atoms with E-state index in [9.17, 15) is 14.7 Å². The molecule has 1 amide bonds. The van der Waals surface area contributed by atoms with Crippen molar-refractivity contribution >= 4 is 46.7 Å². The maximum Gasteiger partial charge on any atom is 0.355 e. The Hall–Kier alpha value is -4.20. The van der Waals surface area contributed by atoms with Crippen molar-refractivity contribution in [3.8, 4) is 22.7 Å². The molecule has 4 aromatic rings. The van der Waals surface area contributed by atoms with Crippen LogP contribution in [0.5, 0.6) is 5.75 Å². The molecule has 0 aliphatic carbocycles. The van der Waals surface area contributed by atoms with Crippen molar-refractivity contribution in [2.24, 2.45) is 0 Å². The van der Waals surface area contributed by atoms with Gasteiger partial charge in [0.2, 0.25) is 5.91 Å². The summed E-state index contributed by atoms with van der Waals surface area (Å²) in [6, 6.07) is 10.4. The molecule has 5 rings (SSSR count). The summed E-state index contributed by atoms with van der Waals surface area (Å²) in [7, 11) is 0. The number of nitrogens with zero attached hydrogens (tertiary/aromatic N) is 5. The number of halogens is 2. The van der Waals surface area contributed by atoms with Gasteiger partial charge in [-0.05, 0) is 49.2 Å². The number of hydrogen-bond acceptors (Lipinski definition) is 9. The number of rotatable bonds is 7. The summed E-state index contributed by atoms with van der Waals surface area (Å²) in [5.74, 6) is -2.69. The summed E-state index contributed by atoms with van der Waals surface area (Å²) in [4.78, 5) is 37.8. The Kier molecular flexibility index (Phi) is 9.61. The number of hydrogen-bond donors (Lipinski definition) is 1. The molecule has 0 radical (unpaired) electrons. The quantitative estimate of drug-likeness (QED) is 0.100. The van der Waals surface area contributed by atoms with Gasteiger partial charge in [0.05, 0.1) is 29.8 Å². The standard InChI is InChI=1S/C32H31F2N5O4S2/c1-6-20-10-8-13-25(44-18(3)4)29(20)39-31-21(16-23(34)28(35-31)27-22(33)11-9-12-24(27)40)30(36-32(39)42)38-17-19(5)37(26(41)7-2)14-15-43-45-38/h7-13,16-18,40H,2,6,14-15H2,1,3-5H3/b19-17+. The molecule has 0 atom stereocenters. The zero-order valence-corrected chi connectivity index (χ0v) is 26.7. The van der Waals surface area contributed by atoms with Gasteiger partial charge in [-0.15, -0.1) is 11.8 Å². The van der Waals surface area contributed by atoms with Crippen molar-refractivity contribution in [3.05, 3.63) is 94.7 Å². The van der Waals surface area contributed by atoms with Crippen LogP contribution in [0.4, 0.5) is 14.6 Å². The predicted octanol–water partition coefficient (Wildman–Crippen LogP) is 6.77. The molecule has 0 bridgehead atoms. The summed E-state index contributed by atoms with van der Waals surface area (Å²) >= 11 is 2.40. The molecule has 2 aromatic heterocycles. The van der Waals surface area contributed by atoms with Crippen molar-refractivity contribution in [2.75, 3.05) is 17.5 Å². The number of para-hydroxylation sites is 1. The van der Waals surface area contributed by atoms with Gasteiger partial charge in [0.25, 0.3) is 0 Å². The third-order valence-electron chi connectivity index (χ3n) is 6.99. The lowest BCUT2D eigenvalue weighted by Gasteiger charge is -2.28. The van der Waals surface area contributed by atoms with Gasteiger partial charge in [0, 0.05) is 22.0 Å². The zero-order chi connectivity index (χ0) is 32.4. The van der Waals surface area contributed by atoms with Crippen molar-refractivity contribution < 1.29 is 22.9 Å². The summed E-state index contributed by atoms with van der Waals surface area (Å²) in [6.45, 7) is 11.7. The van der Waals surface area contributed by atoms with E-state index < -0.39 is 34.3 Å². The van der Waals surface area contributed by atoms with Gasteiger partial charge in [-0.25, -0.2) is 27.4 Å². The number of aromatic nitrogens is 3. The van der Waals surface area contributed by atoms with Crippen LogP contribution in [0.3, 0.4) is 0 Å². The van der Waals surface area contributed by atoms with Crippen LogP contribution in [0.1, 0.15) is 33.3 Å². The Morgan fingerprint density at radius 2 is 1.96 bits per heavy atom. The first-order valence-electron chi connectivity index (χ1n) is 14.2. The number of thioether (sulfide) groups is 1. The Balaban J connectivity index is 1.88. The largest absolute Gasteiger partial charge is 0.507 e. The molecular formula is C32H31F2N5O4S2. The summed E-state index contributed by atoms with van der Waals surface area (Å²) < 4.78 is 39.5.